The highest BCUT2D eigenvalue weighted by molar-refractivity contribution is 6.41. The summed E-state index contributed by atoms with van der Waals surface area (Å²) in [5.74, 6) is 0.596. The summed E-state index contributed by atoms with van der Waals surface area (Å²) in [7, 11) is 0. The lowest BCUT2D eigenvalue weighted by atomic mass is 9.96. The van der Waals surface area contributed by atoms with E-state index in [4.69, 9.17) is 8.83 Å². The first-order chi connectivity index (χ1) is 15.6. The van der Waals surface area contributed by atoms with E-state index in [1.807, 2.05) is 54.6 Å². The zero-order valence-electron chi connectivity index (χ0n) is 18.0. The predicted octanol–water partition coefficient (Wildman–Crippen LogP) is 6.78. The molecule has 0 aliphatic heterocycles. The Labute approximate surface area is 185 Å². The fourth-order valence-corrected chi connectivity index (χ4v) is 4.16. The maximum Gasteiger partial charge on any atom is 0.197 e. The van der Waals surface area contributed by atoms with Crippen molar-refractivity contribution in [2.75, 3.05) is 0 Å². The second-order valence-corrected chi connectivity index (χ2v) is 7.86. The van der Waals surface area contributed by atoms with Crippen molar-refractivity contribution in [1.82, 2.24) is 0 Å². The number of allylic oxidation sites excluding steroid dienone is 1. The molecule has 158 valence electrons. The van der Waals surface area contributed by atoms with Crippen LogP contribution in [-0.4, -0.2) is 11.6 Å². The largest absolute Gasteiger partial charge is 0.453 e. The lowest BCUT2D eigenvalue weighted by molar-refractivity contribution is 0.0990. The molecule has 0 bridgehead atoms. The molecule has 0 radical (unpaired) electrons. The molecule has 32 heavy (non-hydrogen) atoms. The fourth-order valence-electron chi connectivity index (χ4n) is 4.16. The molecule has 0 atom stereocenters. The van der Waals surface area contributed by atoms with Crippen LogP contribution in [0.4, 0.5) is 0 Å². The molecule has 0 fully saturated rings. The topological polar surface area (TPSA) is 60.4 Å². The Morgan fingerprint density at radius 2 is 1.28 bits per heavy atom. The van der Waals surface area contributed by atoms with E-state index < -0.39 is 0 Å². The van der Waals surface area contributed by atoms with Crippen LogP contribution >= 0.6 is 0 Å². The molecule has 2 aromatic carbocycles. The molecule has 0 spiro atoms. The van der Waals surface area contributed by atoms with Crippen molar-refractivity contribution in [3.8, 4) is 0 Å². The molecule has 4 heteroatoms. The third kappa shape index (κ3) is 3.44. The lowest BCUT2D eigenvalue weighted by Gasteiger charge is -2.07. The van der Waals surface area contributed by atoms with Gasteiger partial charge in [-0.15, -0.1) is 0 Å². The minimum Gasteiger partial charge on any atom is -0.453 e. The van der Waals surface area contributed by atoms with Crippen LogP contribution in [-0.2, 0) is 12.8 Å². The Kier molecular flexibility index (Phi) is 4.98. The quantitative estimate of drug-likeness (QED) is 0.263. The Hall–Kier alpha value is -3.92. The average Bonchev–Trinajstić information content (AvgIpc) is 3.44. The van der Waals surface area contributed by atoms with Crippen molar-refractivity contribution in [3.05, 3.63) is 99.5 Å². The third-order valence-electron chi connectivity index (χ3n) is 5.85. The number of furan rings is 2. The van der Waals surface area contributed by atoms with E-state index in [2.05, 4.69) is 13.8 Å². The van der Waals surface area contributed by atoms with Gasteiger partial charge in [-0.1, -0.05) is 50.3 Å². The monoisotopic (exact) mass is 422 g/mol. The first kappa shape index (κ1) is 20.0. The van der Waals surface area contributed by atoms with Crippen molar-refractivity contribution < 1.29 is 18.4 Å². The number of ketones is 2. The second-order valence-electron chi connectivity index (χ2n) is 7.86. The standard InChI is InChI=1S/C28H22O4/c1-3-18-12-22-23(13-19(18)4-2)28(30)24(27(22)29)14-21-16-26-25(32-21)15-20(31-26)11-10-17-8-6-5-7-9-17/h5-16H,3-4H2,1-2H3/b11-10+. The van der Waals surface area contributed by atoms with Crippen LogP contribution in [0.15, 0.2) is 69.0 Å². The molecule has 2 aromatic heterocycles. The van der Waals surface area contributed by atoms with Crippen LogP contribution in [0.25, 0.3) is 29.4 Å². The van der Waals surface area contributed by atoms with Crippen LogP contribution < -0.4 is 0 Å². The van der Waals surface area contributed by atoms with Gasteiger partial charge in [0.1, 0.15) is 11.5 Å². The van der Waals surface area contributed by atoms with Gasteiger partial charge in [0.05, 0.1) is 5.57 Å². The number of fused-ring (bicyclic) bond motifs is 2. The molecule has 0 unspecified atom stereocenters. The Bertz CT molecular complexity index is 1330. The highest BCUT2D eigenvalue weighted by atomic mass is 16.4. The van der Waals surface area contributed by atoms with Gasteiger partial charge in [-0.2, -0.15) is 0 Å². The maximum atomic E-state index is 12.9. The minimum absolute atomic E-state index is 0.135. The molecule has 4 aromatic rings. The van der Waals surface area contributed by atoms with Gasteiger partial charge in [-0.25, -0.2) is 0 Å². The number of benzene rings is 2. The van der Waals surface area contributed by atoms with Crippen LogP contribution in [0.1, 0.15) is 62.8 Å². The number of rotatable bonds is 5. The summed E-state index contributed by atoms with van der Waals surface area (Å²) >= 11 is 0. The van der Waals surface area contributed by atoms with E-state index in [0.717, 1.165) is 29.5 Å². The number of aryl methyl sites for hydroxylation is 2. The van der Waals surface area contributed by atoms with E-state index in [-0.39, 0.29) is 17.1 Å². The predicted molar refractivity (Wildman–Crippen MR) is 126 cm³/mol. The van der Waals surface area contributed by atoms with Gasteiger partial charge >= 0.3 is 0 Å². The highest BCUT2D eigenvalue weighted by Crippen LogP contribution is 2.32. The number of carbonyl (C=O) groups excluding carboxylic acids is 2. The van der Waals surface area contributed by atoms with Gasteiger partial charge in [0.15, 0.2) is 22.7 Å². The zero-order chi connectivity index (χ0) is 22.2. The smallest absolute Gasteiger partial charge is 0.197 e. The molecule has 0 amide bonds. The lowest BCUT2D eigenvalue weighted by Crippen LogP contribution is -1.99. The summed E-state index contributed by atoms with van der Waals surface area (Å²) in [6, 6.07) is 17.2. The third-order valence-corrected chi connectivity index (χ3v) is 5.85. The first-order valence-electron chi connectivity index (χ1n) is 10.8. The van der Waals surface area contributed by atoms with E-state index in [0.29, 0.717) is 33.8 Å². The molecule has 5 rings (SSSR count). The zero-order valence-corrected chi connectivity index (χ0v) is 18.0. The van der Waals surface area contributed by atoms with Gasteiger partial charge in [0, 0.05) is 23.3 Å². The maximum absolute atomic E-state index is 12.9. The Morgan fingerprint density at radius 3 is 1.88 bits per heavy atom. The van der Waals surface area contributed by atoms with Crippen molar-refractivity contribution in [2.24, 2.45) is 0 Å². The normalized spacial score (nSPS) is 13.5. The first-order valence-corrected chi connectivity index (χ1v) is 10.8. The van der Waals surface area contributed by atoms with Crippen LogP contribution in [0.3, 0.4) is 0 Å². The number of carbonyl (C=O) groups is 2. The van der Waals surface area contributed by atoms with Crippen molar-refractivity contribution >= 4 is 41.0 Å². The Balaban J connectivity index is 1.44. The molecular formula is C28H22O4. The number of hydrogen-bond acceptors (Lipinski definition) is 4. The summed E-state index contributed by atoms with van der Waals surface area (Å²) in [4.78, 5) is 25.9. The molecule has 0 saturated carbocycles. The molecule has 0 saturated heterocycles. The molecule has 1 aliphatic rings. The fraction of sp³-hybridized carbons (Fsp3) is 0.143. The summed E-state index contributed by atoms with van der Waals surface area (Å²) in [6.07, 6.45) is 7.01. The van der Waals surface area contributed by atoms with Crippen LogP contribution in [0, 0.1) is 0 Å². The van der Waals surface area contributed by atoms with Crippen molar-refractivity contribution in [1.29, 1.82) is 0 Å². The van der Waals surface area contributed by atoms with E-state index in [1.165, 1.54) is 6.08 Å². The SMILES string of the molecule is CCc1cc2c(cc1CC)C(=O)C(=Cc1cc3oc(/C=C/c4ccccc4)cc3o1)C2=O. The van der Waals surface area contributed by atoms with E-state index in [1.54, 1.807) is 12.1 Å². The van der Waals surface area contributed by atoms with E-state index >= 15 is 0 Å². The molecule has 2 heterocycles. The molecule has 4 nitrogen and oxygen atoms in total. The average molecular weight is 422 g/mol. The summed E-state index contributed by atoms with van der Waals surface area (Å²) in [5, 5.41) is 0. The number of Topliss-reactive ketones (excluding diaryl/α,β-unsaturated/α-hetero) is 2. The van der Waals surface area contributed by atoms with Gasteiger partial charge in [-0.05, 0) is 53.8 Å². The van der Waals surface area contributed by atoms with Crippen LogP contribution in [0.5, 0.6) is 0 Å². The van der Waals surface area contributed by atoms with Gasteiger partial charge in [0.25, 0.3) is 0 Å². The summed E-state index contributed by atoms with van der Waals surface area (Å²) < 4.78 is 11.7. The van der Waals surface area contributed by atoms with E-state index in [9.17, 15) is 9.59 Å². The molecule has 1 aliphatic carbocycles. The van der Waals surface area contributed by atoms with Crippen LogP contribution in [0.2, 0.25) is 0 Å². The van der Waals surface area contributed by atoms with Gasteiger partial charge < -0.3 is 8.83 Å². The second kappa shape index (κ2) is 7.97. The van der Waals surface area contributed by atoms with Crippen molar-refractivity contribution in [3.63, 3.8) is 0 Å². The number of hydrogen-bond donors (Lipinski definition) is 0. The summed E-state index contributed by atoms with van der Waals surface area (Å²) in [6.45, 7) is 4.11. The van der Waals surface area contributed by atoms with Gasteiger partial charge in [-0.3, -0.25) is 9.59 Å². The Morgan fingerprint density at radius 1 is 0.719 bits per heavy atom. The molecule has 0 N–H and O–H groups in total. The highest BCUT2D eigenvalue weighted by Gasteiger charge is 2.34. The van der Waals surface area contributed by atoms with Gasteiger partial charge in [0.2, 0.25) is 0 Å². The van der Waals surface area contributed by atoms with Crippen molar-refractivity contribution in [2.45, 2.75) is 26.7 Å². The minimum atomic E-state index is -0.248. The summed E-state index contributed by atoms with van der Waals surface area (Å²) in [5.41, 5.74) is 5.54. The molecular weight excluding hydrogens is 400 g/mol.